The van der Waals surface area contributed by atoms with Crippen molar-refractivity contribution in [3.8, 4) is 0 Å². The Balaban J connectivity index is 2.18. The summed E-state index contributed by atoms with van der Waals surface area (Å²) in [5.41, 5.74) is 4.26. The number of aryl methyl sites for hydroxylation is 2. The van der Waals surface area contributed by atoms with Crippen LogP contribution in [0.15, 0.2) is 18.2 Å². The van der Waals surface area contributed by atoms with E-state index in [1.54, 1.807) is 0 Å². The molecule has 2 heteroatoms. The molecule has 0 amide bonds. The van der Waals surface area contributed by atoms with Crippen molar-refractivity contribution >= 4 is 0 Å². The lowest BCUT2D eigenvalue weighted by Gasteiger charge is -2.33. The van der Waals surface area contributed by atoms with E-state index in [-0.39, 0.29) is 0 Å². The molecule has 0 aromatic heterocycles. The van der Waals surface area contributed by atoms with Gasteiger partial charge in [0.15, 0.2) is 0 Å². The molecule has 0 saturated carbocycles. The van der Waals surface area contributed by atoms with Crippen molar-refractivity contribution in [1.29, 1.82) is 0 Å². The highest BCUT2D eigenvalue weighted by molar-refractivity contribution is 5.32. The lowest BCUT2D eigenvalue weighted by molar-refractivity contribution is 0.185. The first-order valence-electron chi connectivity index (χ1n) is 6.20. The van der Waals surface area contributed by atoms with Gasteiger partial charge in [0.1, 0.15) is 0 Å². The van der Waals surface area contributed by atoms with Crippen molar-refractivity contribution in [3.63, 3.8) is 0 Å². The van der Waals surface area contributed by atoms with Gasteiger partial charge in [-0.25, -0.2) is 0 Å². The van der Waals surface area contributed by atoms with Gasteiger partial charge in [-0.2, -0.15) is 0 Å². The minimum atomic E-state index is 0.544. The highest BCUT2D eigenvalue weighted by atomic mass is 15.2. The molecule has 2 rings (SSSR count). The predicted molar refractivity (Wildman–Crippen MR) is 68.8 cm³/mol. The van der Waals surface area contributed by atoms with Crippen molar-refractivity contribution in [2.75, 3.05) is 26.2 Å². The molecule has 1 saturated heterocycles. The lowest BCUT2D eigenvalue weighted by atomic mass is 9.98. The average Bonchev–Trinajstić information content (AvgIpc) is 2.32. The summed E-state index contributed by atoms with van der Waals surface area (Å²) in [6.07, 6.45) is 0. The normalized spacial score (nSPS) is 19.7. The molecular weight excluding hydrogens is 196 g/mol. The van der Waals surface area contributed by atoms with Crippen LogP contribution in [-0.2, 0) is 0 Å². The van der Waals surface area contributed by atoms with E-state index < -0.39 is 0 Å². The van der Waals surface area contributed by atoms with Crippen molar-refractivity contribution in [2.45, 2.75) is 26.8 Å². The fourth-order valence-electron chi connectivity index (χ4n) is 2.48. The third kappa shape index (κ3) is 2.45. The summed E-state index contributed by atoms with van der Waals surface area (Å²) >= 11 is 0. The van der Waals surface area contributed by atoms with E-state index in [0.29, 0.717) is 6.04 Å². The van der Waals surface area contributed by atoms with Crippen LogP contribution in [0.1, 0.15) is 29.7 Å². The summed E-state index contributed by atoms with van der Waals surface area (Å²) in [6, 6.07) is 7.32. The second-order valence-electron chi connectivity index (χ2n) is 4.82. The Bertz CT molecular complexity index is 354. The highest BCUT2D eigenvalue weighted by Crippen LogP contribution is 2.24. The second kappa shape index (κ2) is 4.98. The Kier molecular flexibility index (Phi) is 3.62. The summed E-state index contributed by atoms with van der Waals surface area (Å²) < 4.78 is 0. The minimum absolute atomic E-state index is 0.544. The maximum Gasteiger partial charge on any atom is 0.0323 e. The first-order valence-corrected chi connectivity index (χ1v) is 6.20. The molecule has 1 heterocycles. The number of hydrogen-bond donors (Lipinski definition) is 1. The predicted octanol–water partition coefficient (Wildman–Crippen LogP) is 2.27. The molecule has 0 radical (unpaired) electrons. The Labute approximate surface area is 98.7 Å². The van der Waals surface area contributed by atoms with Crippen LogP contribution in [0.25, 0.3) is 0 Å². The van der Waals surface area contributed by atoms with Gasteiger partial charge >= 0.3 is 0 Å². The smallest absolute Gasteiger partial charge is 0.0323 e. The topological polar surface area (TPSA) is 15.3 Å². The maximum absolute atomic E-state index is 3.41. The van der Waals surface area contributed by atoms with Gasteiger partial charge in [0.25, 0.3) is 0 Å². The average molecular weight is 218 g/mol. The van der Waals surface area contributed by atoms with Crippen LogP contribution in [0.5, 0.6) is 0 Å². The largest absolute Gasteiger partial charge is 0.314 e. The minimum Gasteiger partial charge on any atom is -0.314 e. The standard InChI is InChI=1S/C14H22N2/c1-11-4-5-12(2)14(10-11)13(3)16-8-6-15-7-9-16/h4-5,10,13,15H,6-9H2,1-3H3. The van der Waals surface area contributed by atoms with Gasteiger partial charge in [0, 0.05) is 32.2 Å². The van der Waals surface area contributed by atoms with Gasteiger partial charge in [-0.1, -0.05) is 23.8 Å². The first kappa shape index (κ1) is 11.6. The molecule has 2 nitrogen and oxygen atoms in total. The van der Waals surface area contributed by atoms with E-state index in [1.807, 2.05) is 0 Å². The van der Waals surface area contributed by atoms with Gasteiger partial charge in [-0.15, -0.1) is 0 Å². The number of rotatable bonds is 2. The van der Waals surface area contributed by atoms with Gasteiger partial charge in [-0.05, 0) is 31.9 Å². The van der Waals surface area contributed by atoms with E-state index in [1.165, 1.54) is 16.7 Å². The Morgan fingerprint density at radius 3 is 2.56 bits per heavy atom. The molecule has 1 atom stereocenters. The number of nitrogens with one attached hydrogen (secondary N) is 1. The molecule has 1 aliphatic rings. The molecule has 0 spiro atoms. The van der Waals surface area contributed by atoms with Gasteiger partial charge < -0.3 is 5.32 Å². The number of hydrogen-bond acceptors (Lipinski definition) is 2. The van der Waals surface area contributed by atoms with Crippen molar-refractivity contribution < 1.29 is 0 Å². The molecule has 1 aliphatic heterocycles. The highest BCUT2D eigenvalue weighted by Gasteiger charge is 2.18. The molecule has 1 unspecified atom stereocenters. The van der Waals surface area contributed by atoms with E-state index in [4.69, 9.17) is 0 Å². The Morgan fingerprint density at radius 2 is 1.88 bits per heavy atom. The molecule has 88 valence electrons. The zero-order valence-corrected chi connectivity index (χ0v) is 10.6. The van der Waals surface area contributed by atoms with Gasteiger partial charge in [0.05, 0.1) is 0 Å². The summed E-state index contributed by atoms with van der Waals surface area (Å²) in [5.74, 6) is 0. The van der Waals surface area contributed by atoms with Crippen LogP contribution in [0.3, 0.4) is 0 Å². The zero-order valence-electron chi connectivity index (χ0n) is 10.6. The van der Waals surface area contributed by atoms with Crippen molar-refractivity contribution in [1.82, 2.24) is 10.2 Å². The molecule has 0 aliphatic carbocycles. The van der Waals surface area contributed by atoms with Gasteiger partial charge in [-0.3, -0.25) is 4.90 Å². The number of benzene rings is 1. The van der Waals surface area contributed by atoms with Crippen LogP contribution < -0.4 is 5.32 Å². The molecule has 1 aromatic rings. The lowest BCUT2D eigenvalue weighted by Crippen LogP contribution is -2.44. The van der Waals surface area contributed by atoms with Crippen LogP contribution in [0.2, 0.25) is 0 Å². The molecule has 1 N–H and O–H groups in total. The fourth-order valence-corrected chi connectivity index (χ4v) is 2.48. The van der Waals surface area contributed by atoms with Crippen molar-refractivity contribution in [2.24, 2.45) is 0 Å². The van der Waals surface area contributed by atoms with Crippen LogP contribution in [-0.4, -0.2) is 31.1 Å². The monoisotopic (exact) mass is 218 g/mol. The number of nitrogens with zero attached hydrogens (tertiary/aromatic N) is 1. The van der Waals surface area contributed by atoms with Crippen LogP contribution in [0.4, 0.5) is 0 Å². The SMILES string of the molecule is Cc1ccc(C)c(C(C)N2CCNCC2)c1. The number of piperazine rings is 1. The quantitative estimate of drug-likeness (QED) is 0.819. The molecular formula is C14H22N2. The summed E-state index contributed by atoms with van der Waals surface area (Å²) in [4.78, 5) is 2.57. The molecule has 1 fully saturated rings. The van der Waals surface area contributed by atoms with Crippen molar-refractivity contribution in [3.05, 3.63) is 34.9 Å². The Hall–Kier alpha value is -0.860. The summed E-state index contributed by atoms with van der Waals surface area (Å²) in [6.45, 7) is 11.3. The third-order valence-electron chi connectivity index (χ3n) is 3.58. The fraction of sp³-hybridized carbons (Fsp3) is 0.571. The zero-order chi connectivity index (χ0) is 11.5. The first-order chi connectivity index (χ1) is 7.68. The van der Waals surface area contributed by atoms with Crippen LogP contribution >= 0.6 is 0 Å². The third-order valence-corrected chi connectivity index (χ3v) is 3.58. The molecule has 0 bridgehead atoms. The summed E-state index contributed by atoms with van der Waals surface area (Å²) in [5, 5.41) is 3.41. The summed E-state index contributed by atoms with van der Waals surface area (Å²) in [7, 11) is 0. The molecule has 16 heavy (non-hydrogen) atoms. The Morgan fingerprint density at radius 1 is 1.19 bits per heavy atom. The van der Waals surface area contributed by atoms with Gasteiger partial charge in [0.2, 0.25) is 0 Å². The maximum atomic E-state index is 3.41. The second-order valence-corrected chi connectivity index (χ2v) is 4.82. The van der Waals surface area contributed by atoms with E-state index in [9.17, 15) is 0 Å². The van der Waals surface area contributed by atoms with E-state index >= 15 is 0 Å². The van der Waals surface area contributed by atoms with Crippen LogP contribution in [0, 0.1) is 13.8 Å². The van der Waals surface area contributed by atoms with E-state index in [0.717, 1.165) is 26.2 Å². The molecule has 1 aromatic carbocycles. The van der Waals surface area contributed by atoms with E-state index in [2.05, 4.69) is 49.2 Å².